The van der Waals surface area contributed by atoms with Gasteiger partial charge in [0.2, 0.25) is 5.91 Å². The van der Waals surface area contributed by atoms with Crippen LogP contribution < -0.4 is 15.0 Å². The smallest absolute Gasteiger partial charge is 0.242 e. The van der Waals surface area contributed by atoms with Crippen LogP contribution in [-0.2, 0) is 17.6 Å². The predicted octanol–water partition coefficient (Wildman–Crippen LogP) is 2.85. The third-order valence-corrected chi connectivity index (χ3v) is 6.32. The van der Waals surface area contributed by atoms with Crippen LogP contribution in [0.5, 0.6) is 5.75 Å². The highest BCUT2D eigenvalue weighted by atomic mass is 16.5. The Bertz CT molecular complexity index is 1020. The summed E-state index contributed by atoms with van der Waals surface area (Å²) in [5.74, 6) is 2.16. The normalized spacial score (nSPS) is 19.3. The molecule has 8 nitrogen and oxygen atoms in total. The lowest BCUT2D eigenvalue weighted by molar-refractivity contribution is -0.123. The fraction of sp³-hybridized carbons (Fsp3) is 0.600. The summed E-state index contributed by atoms with van der Waals surface area (Å²) >= 11 is 0. The van der Waals surface area contributed by atoms with Gasteiger partial charge in [-0.1, -0.05) is 0 Å². The highest BCUT2D eigenvalue weighted by Crippen LogP contribution is 2.32. The molecule has 33 heavy (non-hydrogen) atoms. The number of carbonyl (C=O) groups excluding carboxylic acids is 1. The summed E-state index contributed by atoms with van der Waals surface area (Å²) in [7, 11) is 4.04. The fourth-order valence-electron chi connectivity index (χ4n) is 4.44. The van der Waals surface area contributed by atoms with Crippen molar-refractivity contribution in [1.82, 2.24) is 25.2 Å². The summed E-state index contributed by atoms with van der Waals surface area (Å²) in [4.78, 5) is 31.4. The van der Waals surface area contributed by atoms with Crippen LogP contribution in [0.25, 0.3) is 11.5 Å². The third-order valence-electron chi connectivity index (χ3n) is 6.32. The fourth-order valence-corrected chi connectivity index (χ4v) is 4.44. The van der Waals surface area contributed by atoms with Crippen LogP contribution >= 0.6 is 0 Å². The van der Waals surface area contributed by atoms with Crippen molar-refractivity contribution in [3.63, 3.8) is 0 Å². The zero-order valence-electron chi connectivity index (χ0n) is 20.7. The number of ether oxygens (including phenoxy) is 1. The van der Waals surface area contributed by atoms with Crippen LogP contribution in [-0.4, -0.2) is 70.6 Å². The largest absolute Gasteiger partial charge is 0.489 e. The van der Waals surface area contributed by atoms with Crippen molar-refractivity contribution in [3.8, 4) is 17.3 Å². The van der Waals surface area contributed by atoms with Crippen molar-refractivity contribution < 1.29 is 9.53 Å². The van der Waals surface area contributed by atoms with Crippen molar-refractivity contribution in [2.75, 3.05) is 32.1 Å². The van der Waals surface area contributed by atoms with Gasteiger partial charge in [-0.2, -0.15) is 0 Å². The number of carbonyl (C=O) groups is 1. The molecule has 0 unspecified atom stereocenters. The van der Waals surface area contributed by atoms with Crippen LogP contribution in [0.15, 0.2) is 18.3 Å². The van der Waals surface area contributed by atoms with Crippen LogP contribution in [0.4, 0.5) is 5.82 Å². The molecule has 2 aromatic heterocycles. The number of aromatic nitrogens is 3. The van der Waals surface area contributed by atoms with E-state index < -0.39 is 0 Å². The lowest BCUT2D eigenvalue weighted by atomic mass is 10.1. The lowest BCUT2D eigenvalue weighted by Gasteiger charge is -2.30. The number of aryl methyl sites for hydroxylation is 1. The summed E-state index contributed by atoms with van der Waals surface area (Å²) < 4.78 is 6.19. The van der Waals surface area contributed by atoms with Gasteiger partial charge in [-0.25, -0.2) is 9.97 Å². The Hall–Kier alpha value is -2.74. The molecule has 8 heteroatoms. The van der Waals surface area contributed by atoms with E-state index in [1.165, 1.54) is 0 Å². The van der Waals surface area contributed by atoms with Gasteiger partial charge in [0.15, 0.2) is 5.82 Å². The number of amides is 1. The number of anilines is 1. The van der Waals surface area contributed by atoms with E-state index >= 15 is 0 Å². The van der Waals surface area contributed by atoms with Crippen LogP contribution in [0.2, 0.25) is 0 Å². The van der Waals surface area contributed by atoms with Gasteiger partial charge < -0.3 is 19.9 Å². The Balaban J connectivity index is 1.61. The molecule has 1 aliphatic carbocycles. The maximum atomic E-state index is 12.8. The molecule has 4 rings (SSSR count). The van der Waals surface area contributed by atoms with E-state index in [1.54, 1.807) is 6.20 Å². The van der Waals surface area contributed by atoms with E-state index in [2.05, 4.69) is 22.2 Å². The number of hydrogen-bond donors (Lipinski definition) is 1. The van der Waals surface area contributed by atoms with E-state index in [-0.39, 0.29) is 23.6 Å². The number of likely N-dealkylation sites (N-methyl/N-ethyl adjacent to an activating group) is 2. The van der Waals surface area contributed by atoms with Gasteiger partial charge in [-0.05, 0) is 66.5 Å². The van der Waals surface area contributed by atoms with Crippen molar-refractivity contribution in [2.24, 2.45) is 0 Å². The first-order valence-electron chi connectivity index (χ1n) is 11.9. The third kappa shape index (κ3) is 5.43. The molecular formula is C25H36N6O2. The Morgan fingerprint density at radius 3 is 2.79 bits per heavy atom. The Labute approximate surface area is 196 Å². The maximum Gasteiger partial charge on any atom is 0.242 e. The molecule has 2 aliphatic rings. The number of nitrogens with one attached hydrogen (secondary N) is 1. The second-order valence-electron chi connectivity index (χ2n) is 10.3. The Morgan fingerprint density at radius 2 is 2.09 bits per heavy atom. The van der Waals surface area contributed by atoms with E-state index in [0.717, 1.165) is 61.6 Å². The second kappa shape index (κ2) is 9.25. The summed E-state index contributed by atoms with van der Waals surface area (Å²) in [6.45, 7) is 9.85. The first-order chi connectivity index (χ1) is 15.6. The van der Waals surface area contributed by atoms with Gasteiger partial charge >= 0.3 is 0 Å². The van der Waals surface area contributed by atoms with Crippen molar-refractivity contribution >= 4 is 11.7 Å². The molecule has 1 N–H and O–H groups in total. The van der Waals surface area contributed by atoms with Crippen LogP contribution in [0.1, 0.15) is 51.8 Å². The van der Waals surface area contributed by atoms with Gasteiger partial charge in [0.05, 0.1) is 0 Å². The molecule has 1 amide bonds. The number of nitrogens with zero attached hydrogens (tertiary/aromatic N) is 5. The topological polar surface area (TPSA) is 83.5 Å². The number of rotatable bonds is 6. The van der Waals surface area contributed by atoms with Crippen molar-refractivity contribution in [2.45, 2.75) is 71.1 Å². The quantitative estimate of drug-likeness (QED) is 0.722. The zero-order chi connectivity index (χ0) is 23.8. The van der Waals surface area contributed by atoms with E-state index in [9.17, 15) is 4.79 Å². The lowest BCUT2D eigenvalue weighted by Crippen LogP contribution is -2.50. The average Bonchev–Trinajstić information content (AvgIpc) is 3.39. The van der Waals surface area contributed by atoms with Gasteiger partial charge in [0.1, 0.15) is 29.4 Å². The molecule has 0 spiro atoms. The van der Waals surface area contributed by atoms with Gasteiger partial charge in [-0.15, -0.1) is 0 Å². The SMILES string of the molecule is C[C@H](C(=O)NC(C)(C)C)N(C)c1nc(-c2cc(O[C@@H]3CCN(C)C3)ccn2)nc2c1CCC2. The minimum atomic E-state index is -0.362. The minimum absolute atomic E-state index is 0.0213. The van der Waals surface area contributed by atoms with E-state index in [1.807, 2.05) is 51.8 Å². The Kier molecular flexibility index (Phi) is 6.56. The molecule has 0 saturated carbocycles. The summed E-state index contributed by atoms with van der Waals surface area (Å²) in [6.07, 6.45) is 5.85. The Morgan fingerprint density at radius 1 is 1.30 bits per heavy atom. The molecule has 0 radical (unpaired) electrons. The van der Waals surface area contributed by atoms with Gasteiger partial charge in [0.25, 0.3) is 0 Å². The molecule has 2 atom stereocenters. The van der Waals surface area contributed by atoms with Crippen molar-refractivity contribution in [3.05, 3.63) is 29.6 Å². The highest BCUT2D eigenvalue weighted by Gasteiger charge is 2.29. The molecule has 2 aromatic rings. The number of fused-ring (bicyclic) bond motifs is 1. The van der Waals surface area contributed by atoms with Gasteiger partial charge in [0, 0.05) is 49.2 Å². The first-order valence-corrected chi connectivity index (χ1v) is 11.9. The van der Waals surface area contributed by atoms with E-state index in [0.29, 0.717) is 11.5 Å². The first kappa shape index (κ1) is 23.4. The standard InChI is InChI=1S/C25H36N6O2/c1-16(24(32)29-25(2,3)4)31(6)23-19-8-7-9-20(19)27-22(28-23)21-14-17(10-12-26-21)33-18-11-13-30(5)15-18/h10,12,14,16,18H,7-9,11,13,15H2,1-6H3,(H,29,32)/t16-,18-/m1/s1. The molecule has 0 aromatic carbocycles. The van der Waals surface area contributed by atoms with Gasteiger partial charge in [-0.3, -0.25) is 9.78 Å². The number of likely N-dealkylation sites (tertiary alicyclic amines) is 1. The van der Waals surface area contributed by atoms with E-state index in [4.69, 9.17) is 14.7 Å². The maximum absolute atomic E-state index is 12.8. The molecular weight excluding hydrogens is 416 g/mol. The van der Waals surface area contributed by atoms with Crippen LogP contribution in [0, 0.1) is 0 Å². The van der Waals surface area contributed by atoms with Crippen LogP contribution in [0.3, 0.4) is 0 Å². The number of hydrogen-bond acceptors (Lipinski definition) is 7. The summed E-state index contributed by atoms with van der Waals surface area (Å²) in [5, 5.41) is 3.07. The zero-order valence-corrected chi connectivity index (χ0v) is 20.7. The predicted molar refractivity (Wildman–Crippen MR) is 130 cm³/mol. The minimum Gasteiger partial charge on any atom is -0.489 e. The second-order valence-corrected chi connectivity index (χ2v) is 10.3. The molecule has 1 aliphatic heterocycles. The molecule has 178 valence electrons. The molecule has 0 bridgehead atoms. The molecule has 1 fully saturated rings. The molecule has 3 heterocycles. The van der Waals surface area contributed by atoms with Crippen molar-refractivity contribution in [1.29, 1.82) is 0 Å². The summed E-state index contributed by atoms with van der Waals surface area (Å²) in [5.41, 5.74) is 2.59. The monoisotopic (exact) mass is 452 g/mol. The summed E-state index contributed by atoms with van der Waals surface area (Å²) in [6, 6.07) is 3.45. The number of pyridine rings is 1. The average molecular weight is 453 g/mol. The highest BCUT2D eigenvalue weighted by molar-refractivity contribution is 5.85. The molecule has 1 saturated heterocycles.